The summed E-state index contributed by atoms with van der Waals surface area (Å²) in [6.45, 7) is 8.74. The van der Waals surface area contributed by atoms with Crippen molar-refractivity contribution < 1.29 is 49.8 Å². The van der Waals surface area contributed by atoms with Crippen LogP contribution in [0.25, 0.3) is 43.6 Å². The van der Waals surface area contributed by atoms with Crippen molar-refractivity contribution in [3.8, 4) is 0 Å². The van der Waals surface area contributed by atoms with Crippen LogP contribution in [0.2, 0.25) is 0 Å². The third kappa shape index (κ3) is 5.42. The molecular formula is C31H25Br2F7N2O4. The second kappa shape index (κ2) is 10.6. The number of rotatable bonds is 2. The Hall–Kier alpha value is -3.33. The number of ether oxygens (including phenoxy) is 2. The molecule has 46 heavy (non-hydrogen) atoms. The number of halogens is 9. The summed E-state index contributed by atoms with van der Waals surface area (Å²) in [6, 6.07) is 9.52. The molecule has 0 bridgehead atoms. The molecule has 246 valence electrons. The lowest BCUT2D eigenvalue weighted by molar-refractivity contribution is -0.359. The fraction of sp³-hybridized carbons (Fsp3) is 0.355. The van der Waals surface area contributed by atoms with E-state index >= 15 is 17.6 Å². The Balaban J connectivity index is 2.16. The predicted molar refractivity (Wildman–Crippen MR) is 166 cm³/mol. The van der Waals surface area contributed by atoms with Crippen LogP contribution in [-0.4, -0.2) is 44.6 Å². The van der Waals surface area contributed by atoms with Crippen LogP contribution in [0.15, 0.2) is 51.4 Å². The number of aromatic nitrogens is 2. The largest absolute Gasteiger partial charge is 0.460 e. The first kappa shape index (κ1) is 34.0. The van der Waals surface area contributed by atoms with E-state index in [0.717, 1.165) is 0 Å². The van der Waals surface area contributed by atoms with Crippen molar-refractivity contribution in [1.29, 1.82) is 0 Å². The Morgan fingerprint density at radius 1 is 0.609 bits per heavy atom. The zero-order valence-electron chi connectivity index (χ0n) is 25.0. The summed E-state index contributed by atoms with van der Waals surface area (Å²) in [5, 5.41) is -0.439. The lowest BCUT2D eigenvalue weighted by atomic mass is 9.95. The Labute approximate surface area is 273 Å². The number of carbonyl (C=O) groups excluding carboxylic acids is 2. The molecule has 0 saturated heterocycles. The Kier molecular flexibility index (Phi) is 7.83. The number of alkyl halides is 7. The molecule has 15 heteroatoms. The number of nitrogens with zero attached hydrogens (tertiary/aromatic N) is 2. The number of carbonyl (C=O) groups is 2. The number of benzene rings is 3. The number of hydrogen-bond donors (Lipinski definition) is 0. The van der Waals surface area contributed by atoms with Gasteiger partial charge in [0.05, 0.1) is 27.6 Å². The highest BCUT2D eigenvalue weighted by Crippen LogP contribution is 2.56. The molecule has 0 aliphatic carbocycles. The molecule has 0 atom stereocenters. The van der Waals surface area contributed by atoms with Crippen molar-refractivity contribution in [2.24, 2.45) is 0 Å². The van der Waals surface area contributed by atoms with Crippen molar-refractivity contribution in [2.75, 3.05) is 0 Å². The van der Waals surface area contributed by atoms with Gasteiger partial charge < -0.3 is 9.47 Å². The molecule has 0 aliphatic rings. The lowest BCUT2D eigenvalue weighted by Crippen LogP contribution is -2.50. The van der Waals surface area contributed by atoms with Crippen LogP contribution in [0.4, 0.5) is 40.3 Å². The van der Waals surface area contributed by atoms with Crippen molar-refractivity contribution in [2.45, 2.75) is 70.8 Å². The second-order valence-electron chi connectivity index (χ2n) is 12.6. The van der Waals surface area contributed by atoms with Gasteiger partial charge in [0.25, 0.3) is 0 Å². The van der Waals surface area contributed by atoms with Gasteiger partial charge in [-0.2, -0.15) is 30.7 Å². The summed E-state index contributed by atoms with van der Waals surface area (Å²) >= 11 is 6.53. The van der Waals surface area contributed by atoms with Crippen molar-refractivity contribution in [1.82, 2.24) is 9.13 Å². The topological polar surface area (TPSA) is 62.5 Å². The molecule has 3 aromatic carbocycles. The van der Waals surface area contributed by atoms with Crippen molar-refractivity contribution in [3.05, 3.63) is 57.0 Å². The average Bonchev–Trinajstić information content (AvgIpc) is 3.36. The molecule has 5 aromatic rings. The lowest BCUT2D eigenvalue weighted by Gasteiger charge is -2.30. The van der Waals surface area contributed by atoms with Crippen LogP contribution in [0.1, 0.15) is 47.1 Å². The molecule has 0 amide bonds. The first-order valence-electron chi connectivity index (χ1n) is 13.6. The Morgan fingerprint density at radius 3 is 1.30 bits per heavy atom. The molecule has 0 N–H and O–H groups in total. The van der Waals surface area contributed by atoms with E-state index in [-0.39, 0.29) is 32.6 Å². The maximum absolute atomic E-state index is 16.4. The minimum atomic E-state index is -6.75. The second-order valence-corrected chi connectivity index (χ2v) is 14.5. The summed E-state index contributed by atoms with van der Waals surface area (Å²) in [5.74, 6) is -12.7. The molecule has 0 saturated carbocycles. The summed E-state index contributed by atoms with van der Waals surface area (Å²) in [4.78, 5) is 27.4. The van der Waals surface area contributed by atoms with Gasteiger partial charge in [0.2, 0.25) is 0 Å². The first-order chi connectivity index (χ1) is 20.9. The van der Waals surface area contributed by atoms with E-state index in [9.17, 15) is 22.8 Å². The number of hydrogen-bond acceptors (Lipinski definition) is 4. The highest BCUT2D eigenvalue weighted by atomic mass is 79.9. The van der Waals surface area contributed by atoms with E-state index in [1.807, 2.05) is 0 Å². The van der Waals surface area contributed by atoms with Crippen LogP contribution in [-0.2, 0) is 15.4 Å². The molecule has 0 radical (unpaired) electrons. The van der Waals surface area contributed by atoms with Gasteiger partial charge in [0, 0.05) is 30.5 Å². The molecule has 6 nitrogen and oxygen atoms in total. The zero-order valence-corrected chi connectivity index (χ0v) is 28.1. The minimum Gasteiger partial charge on any atom is -0.443 e. The molecule has 0 unspecified atom stereocenters. The van der Waals surface area contributed by atoms with Crippen LogP contribution in [0, 0.1) is 0 Å². The molecule has 0 spiro atoms. The van der Waals surface area contributed by atoms with E-state index in [1.54, 1.807) is 0 Å². The normalized spacial score (nSPS) is 13.7. The van der Waals surface area contributed by atoms with E-state index < -0.39 is 58.0 Å². The van der Waals surface area contributed by atoms with Crippen LogP contribution >= 0.6 is 31.9 Å². The fourth-order valence-electron chi connectivity index (χ4n) is 5.24. The molecule has 0 fully saturated rings. The van der Waals surface area contributed by atoms with Crippen LogP contribution in [0.5, 0.6) is 0 Å². The highest BCUT2D eigenvalue weighted by Gasteiger charge is 2.74. The van der Waals surface area contributed by atoms with Gasteiger partial charge in [-0.15, -0.1) is 0 Å². The molecule has 2 aromatic heterocycles. The summed E-state index contributed by atoms with van der Waals surface area (Å²) in [6.07, 6.45) is -9.41. The zero-order chi connectivity index (χ0) is 34.5. The van der Waals surface area contributed by atoms with Gasteiger partial charge in [-0.05, 0) is 84.0 Å². The fourth-order valence-corrected chi connectivity index (χ4v) is 5.97. The quantitative estimate of drug-likeness (QED) is 0.167. The van der Waals surface area contributed by atoms with E-state index in [2.05, 4.69) is 31.9 Å². The van der Waals surface area contributed by atoms with Gasteiger partial charge in [-0.1, -0.05) is 31.9 Å². The molecule has 2 heterocycles. The summed E-state index contributed by atoms with van der Waals surface area (Å²) < 4.78 is 117. The van der Waals surface area contributed by atoms with Crippen molar-refractivity contribution >= 4 is 87.7 Å². The highest BCUT2D eigenvalue weighted by molar-refractivity contribution is 9.10. The van der Waals surface area contributed by atoms with Gasteiger partial charge in [-0.25, -0.2) is 18.7 Å². The molecule has 0 aliphatic heterocycles. The maximum atomic E-state index is 16.4. The SMILES string of the molecule is CC(C)(C)OC(=O)n1c2ccc(Br)cc2c2cc3c4cc(Br)ccc4n(C(=O)OC(C)(C)C)c3c(C(F)(F)C(F)(F)C(F)(F)F)c21. The van der Waals surface area contributed by atoms with Crippen LogP contribution < -0.4 is 0 Å². The summed E-state index contributed by atoms with van der Waals surface area (Å²) in [7, 11) is 0. The monoisotopic (exact) mass is 780 g/mol. The molecular weight excluding hydrogens is 757 g/mol. The smallest absolute Gasteiger partial charge is 0.443 e. The first-order valence-corrected chi connectivity index (χ1v) is 15.2. The van der Waals surface area contributed by atoms with Gasteiger partial charge in [-0.3, -0.25) is 0 Å². The van der Waals surface area contributed by atoms with Crippen LogP contribution in [0.3, 0.4) is 0 Å². The van der Waals surface area contributed by atoms with E-state index in [0.29, 0.717) is 18.1 Å². The van der Waals surface area contributed by atoms with Crippen molar-refractivity contribution in [3.63, 3.8) is 0 Å². The third-order valence-electron chi connectivity index (χ3n) is 6.92. The molecule has 5 rings (SSSR count). The standard InChI is InChI=1S/C31H25Br2F7N2O4/c1-27(2,3)45-25(43)41-20-9-7-14(32)11-16(20)18-13-19-17-12-15(33)8-10-21(17)42(26(44)46-28(4,5)6)24(19)22(23(18)41)29(34,35)30(36,37)31(38,39)40/h7-13H,1-6H3. The maximum Gasteiger partial charge on any atom is 0.460 e. The van der Waals surface area contributed by atoms with Gasteiger partial charge in [0.1, 0.15) is 11.2 Å². The minimum absolute atomic E-state index is 0.0534. The summed E-state index contributed by atoms with van der Waals surface area (Å²) in [5.41, 5.74) is -6.65. The Morgan fingerprint density at radius 2 is 0.978 bits per heavy atom. The average molecular weight is 782 g/mol. The Bertz CT molecular complexity index is 1960. The van der Waals surface area contributed by atoms with E-state index in [1.165, 1.54) is 84.0 Å². The third-order valence-corrected chi connectivity index (χ3v) is 7.90. The van der Waals surface area contributed by atoms with E-state index in [4.69, 9.17) is 9.47 Å². The number of fused-ring (bicyclic) bond motifs is 6. The predicted octanol–water partition coefficient (Wildman–Crippen LogP) is 11.3. The van der Waals surface area contributed by atoms with Gasteiger partial charge in [0.15, 0.2) is 0 Å². The van der Waals surface area contributed by atoms with Gasteiger partial charge >= 0.3 is 30.2 Å².